The molecule has 0 aromatic carbocycles. The van der Waals surface area contributed by atoms with Crippen LogP contribution < -0.4 is 11.4 Å². The number of aliphatic hydroxyl groups is 2. The fraction of sp³-hybridized carbons (Fsp3) is 0.556. The van der Waals surface area contributed by atoms with Crippen molar-refractivity contribution in [3.8, 4) is 0 Å². The SMILES string of the molecule is Nc1ccn([C@@H]2O[C@H](COOO)[C@@H](O)[C@H]2O)c(=O)n1. The van der Waals surface area contributed by atoms with E-state index in [1.165, 1.54) is 12.3 Å². The number of nitrogens with zero attached hydrogens (tertiary/aromatic N) is 2. The molecule has 1 aromatic rings. The lowest BCUT2D eigenvalue weighted by Gasteiger charge is -2.16. The number of aliphatic hydroxyl groups excluding tert-OH is 2. The van der Waals surface area contributed by atoms with Gasteiger partial charge >= 0.3 is 5.69 Å². The fourth-order valence-electron chi connectivity index (χ4n) is 1.81. The maximum absolute atomic E-state index is 11.6. The standard InChI is InChI=1S/C9H13N3O7/c10-5-1-2-12(9(15)11-5)8-7(14)6(13)4(18-8)3-17-19-16/h1-2,4,6-8,13-14,16H,3H2,(H2,10,11,15)/t4-,6-,7-,8-/m1/s1. The lowest BCUT2D eigenvalue weighted by molar-refractivity contribution is -0.495. The second kappa shape index (κ2) is 5.61. The molecule has 10 nitrogen and oxygen atoms in total. The molecule has 5 N–H and O–H groups in total. The molecular formula is C9H13N3O7. The molecule has 0 bridgehead atoms. The fourth-order valence-corrected chi connectivity index (χ4v) is 1.81. The van der Waals surface area contributed by atoms with Gasteiger partial charge in [-0.2, -0.15) is 4.98 Å². The van der Waals surface area contributed by atoms with Crippen molar-refractivity contribution < 1.29 is 30.1 Å². The van der Waals surface area contributed by atoms with E-state index >= 15 is 0 Å². The number of ether oxygens (including phenoxy) is 1. The first kappa shape index (κ1) is 13.9. The highest BCUT2D eigenvalue weighted by Gasteiger charge is 2.44. The quantitative estimate of drug-likeness (QED) is 0.356. The van der Waals surface area contributed by atoms with Crippen molar-refractivity contribution in [1.82, 2.24) is 9.55 Å². The summed E-state index contributed by atoms with van der Waals surface area (Å²) in [6.45, 7) is -0.331. The van der Waals surface area contributed by atoms with Crippen molar-refractivity contribution in [2.24, 2.45) is 0 Å². The van der Waals surface area contributed by atoms with Crippen molar-refractivity contribution in [2.75, 3.05) is 12.3 Å². The predicted octanol–water partition coefficient (Wildman–Crippen LogP) is -2.13. The van der Waals surface area contributed by atoms with Crippen LogP contribution in [0, 0.1) is 0 Å². The van der Waals surface area contributed by atoms with Crippen LogP contribution >= 0.6 is 0 Å². The van der Waals surface area contributed by atoms with Gasteiger partial charge in [0.25, 0.3) is 0 Å². The van der Waals surface area contributed by atoms with E-state index in [0.29, 0.717) is 0 Å². The minimum atomic E-state index is -1.37. The number of nitrogen functional groups attached to an aromatic ring is 1. The summed E-state index contributed by atoms with van der Waals surface area (Å²) in [5, 5.41) is 31.0. The lowest BCUT2D eigenvalue weighted by Crippen LogP contribution is -2.36. The predicted molar refractivity (Wildman–Crippen MR) is 58.5 cm³/mol. The molecule has 0 aliphatic carbocycles. The van der Waals surface area contributed by atoms with E-state index in [2.05, 4.69) is 14.9 Å². The smallest absolute Gasteiger partial charge is 0.351 e. The van der Waals surface area contributed by atoms with E-state index in [1.54, 1.807) is 0 Å². The number of hydrogen-bond acceptors (Lipinski definition) is 9. The van der Waals surface area contributed by atoms with Gasteiger partial charge in [0.15, 0.2) is 6.23 Å². The van der Waals surface area contributed by atoms with Crippen LogP contribution in [-0.2, 0) is 14.7 Å². The highest BCUT2D eigenvalue weighted by molar-refractivity contribution is 5.23. The van der Waals surface area contributed by atoms with Crippen molar-refractivity contribution in [1.29, 1.82) is 0 Å². The molecule has 19 heavy (non-hydrogen) atoms. The average Bonchev–Trinajstić information content (AvgIpc) is 2.64. The van der Waals surface area contributed by atoms with E-state index in [-0.39, 0.29) is 12.4 Å². The largest absolute Gasteiger partial charge is 0.387 e. The van der Waals surface area contributed by atoms with E-state index in [1.807, 2.05) is 0 Å². The third kappa shape index (κ3) is 2.73. The molecule has 1 saturated heterocycles. The van der Waals surface area contributed by atoms with Gasteiger partial charge in [-0.3, -0.25) is 4.57 Å². The second-order valence-electron chi connectivity index (χ2n) is 3.95. The molecule has 1 aromatic heterocycles. The first-order chi connectivity index (χ1) is 9.04. The van der Waals surface area contributed by atoms with Gasteiger partial charge in [0.05, 0.1) is 0 Å². The van der Waals surface area contributed by atoms with Crippen molar-refractivity contribution in [3.63, 3.8) is 0 Å². The van der Waals surface area contributed by atoms with Gasteiger partial charge in [-0.25, -0.2) is 14.9 Å². The van der Waals surface area contributed by atoms with Gasteiger partial charge in [-0.1, -0.05) is 5.04 Å². The summed E-state index contributed by atoms with van der Waals surface area (Å²) in [6, 6.07) is 1.35. The Balaban J connectivity index is 2.19. The van der Waals surface area contributed by atoms with Gasteiger partial charge in [-0.15, -0.1) is 0 Å². The average molecular weight is 275 g/mol. The van der Waals surface area contributed by atoms with Crippen LogP contribution in [0.3, 0.4) is 0 Å². The topological polar surface area (TPSA) is 149 Å². The first-order valence-corrected chi connectivity index (χ1v) is 5.34. The second-order valence-corrected chi connectivity index (χ2v) is 3.95. The third-order valence-corrected chi connectivity index (χ3v) is 2.75. The molecule has 1 aliphatic rings. The molecular weight excluding hydrogens is 262 g/mol. The van der Waals surface area contributed by atoms with Gasteiger partial charge in [-0.05, 0) is 6.07 Å². The van der Waals surface area contributed by atoms with Crippen LogP contribution in [-0.4, -0.2) is 49.9 Å². The monoisotopic (exact) mass is 275 g/mol. The zero-order chi connectivity index (χ0) is 14.0. The van der Waals surface area contributed by atoms with E-state index < -0.39 is 30.2 Å². The Morgan fingerprint density at radius 1 is 1.47 bits per heavy atom. The molecule has 0 radical (unpaired) electrons. The summed E-state index contributed by atoms with van der Waals surface area (Å²) in [6.07, 6.45) is -3.50. The number of rotatable bonds is 4. The summed E-state index contributed by atoms with van der Waals surface area (Å²) in [5.41, 5.74) is 4.61. The minimum Gasteiger partial charge on any atom is -0.387 e. The van der Waals surface area contributed by atoms with Gasteiger partial charge < -0.3 is 20.7 Å². The summed E-state index contributed by atoms with van der Waals surface area (Å²) < 4.78 is 6.25. The van der Waals surface area contributed by atoms with E-state index in [0.717, 1.165) is 4.57 Å². The van der Waals surface area contributed by atoms with Crippen LogP contribution in [0.15, 0.2) is 17.1 Å². The van der Waals surface area contributed by atoms with E-state index in [4.69, 9.17) is 15.7 Å². The molecule has 1 fully saturated rings. The zero-order valence-electron chi connectivity index (χ0n) is 9.62. The van der Waals surface area contributed by atoms with Crippen LogP contribution in [0.4, 0.5) is 5.82 Å². The number of hydrogen-bond donors (Lipinski definition) is 4. The maximum Gasteiger partial charge on any atom is 0.351 e. The van der Waals surface area contributed by atoms with Gasteiger partial charge in [0, 0.05) is 6.20 Å². The van der Waals surface area contributed by atoms with Crippen LogP contribution in [0.2, 0.25) is 0 Å². The molecule has 1 aliphatic heterocycles. The summed E-state index contributed by atoms with van der Waals surface area (Å²) in [7, 11) is 0. The molecule has 0 saturated carbocycles. The van der Waals surface area contributed by atoms with Crippen LogP contribution in [0.1, 0.15) is 6.23 Å². The first-order valence-electron chi connectivity index (χ1n) is 5.34. The molecule has 0 spiro atoms. The number of anilines is 1. The Bertz CT molecular complexity index is 493. The molecule has 0 unspecified atom stereocenters. The Hall–Kier alpha value is -1.56. The molecule has 4 atom stereocenters. The zero-order valence-corrected chi connectivity index (χ0v) is 9.62. The summed E-state index contributed by atoms with van der Waals surface area (Å²) in [5.74, 6) is 0.0304. The number of aromatic nitrogens is 2. The molecule has 2 heterocycles. The number of nitrogens with two attached hydrogens (primary N) is 1. The Morgan fingerprint density at radius 3 is 2.84 bits per heavy atom. The van der Waals surface area contributed by atoms with Crippen LogP contribution in [0.25, 0.3) is 0 Å². The Labute approximate surface area is 106 Å². The van der Waals surface area contributed by atoms with Gasteiger partial charge in [0.2, 0.25) is 0 Å². The maximum atomic E-state index is 11.6. The molecule has 106 valence electrons. The van der Waals surface area contributed by atoms with E-state index in [9.17, 15) is 15.0 Å². The van der Waals surface area contributed by atoms with Crippen molar-refractivity contribution in [2.45, 2.75) is 24.5 Å². The Morgan fingerprint density at radius 2 is 2.21 bits per heavy atom. The lowest BCUT2D eigenvalue weighted by atomic mass is 10.1. The summed E-state index contributed by atoms with van der Waals surface area (Å²) >= 11 is 0. The van der Waals surface area contributed by atoms with Gasteiger partial charge in [0.1, 0.15) is 30.7 Å². The molecule has 10 heteroatoms. The summed E-state index contributed by atoms with van der Waals surface area (Å²) in [4.78, 5) is 19.3. The molecule has 0 amide bonds. The highest BCUT2D eigenvalue weighted by atomic mass is 17.5. The van der Waals surface area contributed by atoms with Crippen LogP contribution in [0.5, 0.6) is 0 Å². The highest BCUT2D eigenvalue weighted by Crippen LogP contribution is 2.28. The van der Waals surface area contributed by atoms with Crippen molar-refractivity contribution >= 4 is 5.82 Å². The normalized spacial score (nSPS) is 30.7. The Kier molecular flexibility index (Phi) is 4.09. The minimum absolute atomic E-state index is 0.0304. The van der Waals surface area contributed by atoms with Crippen molar-refractivity contribution in [3.05, 3.63) is 22.7 Å². The molecule has 2 rings (SSSR count). The third-order valence-electron chi connectivity index (χ3n) is 2.75.